The number of likely N-dealkylation sites (tertiary alicyclic amines) is 1. The van der Waals surface area contributed by atoms with Gasteiger partial charge in [0, 0.05) is 43.0 Å². The van der Waals surface area contributed by atoms with Crippen molar-refractivity contribution in [1.82, 2.24) is 4.90 Å². The third kappa shape index (κ3) is 4.58. The summed E-state index contributed by atoms with van der Waals surface area (Å²) in [6.45, 7) is 2.18. The second-order valence-corrected chi connectivity index (χ2v) is 8.73. The van der Waals surface area contributed by atoms with Gasteiger partial charge in [-0.3, -0.25) is 9.69 Å². The zero-order valence-corrected chi connectivity index (χ0v) is 18.7. The van der Waals surface area contributed by atoms with Gasteiger partial charge in [-0.1, -0.05) is 36.4 Å². The summed E-state index contributed by atoms with van der Waals surface area (Å²) in [4.78, 5) is 15.6. The lowest BCUT2D eigenvalue weighted by Gasteiger charge is -2.44. The molecule has 1 aliphatic heterocycles. The number of aliphatic hydroxyl groups is 1. The van der Waals surface area contributed by atoms with Crippen LogP contribution >= 0.6 is 0 Å². The summed E-state index contributed by atoms with van der Waals surface area (Å²) < 4.78 is 43.9. The number of benzene rings is 3. The number of halogens is 3. The zero-order valence-electron chi connectivity index (χ0n) is 18.7. The molecule has 4 nitrogen and oxygen atoms in total. The van der Waals surface area contributed by atoms with Crippen LogP contribution in [0.1, 0.15) is 38.9 Å². The van der Waals surface area contributed by atoms with Crippen LogP contribution in [0.3, 0.4) is 0 Å². The molecule has 0 bridgehead atoms. The molecule has 0 radical (unpaired) electrons. The molecule has 0 saturated carbocycles. The molecular weight excluding hydrogens is 443 g/mol. The van der Waals surface area contributed by atoms with Gasteiger partial charge < -0.3 is 10.2 Å². The molecule has 1 aliphatic rings. The Hall–Kier alpha value is -3.16. The summed E-state index contributed by atoms with van der Waals surface area (Å²) in [5.74, 6) is -4.90. The van der Waals surface area contributed by atoms with Gasteiger partial charge in [-0.15, -0.1) is 0 Å². The number of phenols is 1. The number of hydrogen-bond acceptors (Lipinski definition) is 4. The molecule has 4 rings (SSSR count). The van der Waals surface area contributed by atoms with Crippen molar-refractivity contribution in [1.29, 1.82) is 0 Å². The van der Waals surface area contributed by atoms with E-state index in [9.17, 15) is 23.8 Å². The summed E-state index contributed by atoms with van der Waals surface area (Å²) in [6, 6.07) is 14.5. The minimum atomic E-state index is -0.999. The number of aromatic hydroxyl groups is 1. The number of rotatable bonds is 6. The van der Waals surface area contributed by atoms with E-state index in [1.807, 2.05) is 4.90 Å². The van der Waals surface area contributed by atoms with Crippen molar-refractivity contribution in [2.75, 3.05) is 26.2 Å². The van der Waals surface area contributed by atoms with E-state index >= 15 is 4.39 Å². The normalized spacial score (nSPS) is 20.9. The Morgan fingerprint density at radius 3 is 2.35 bits per heavy atom. The molecular formula is C27H26F3NO3. The Morgan fingerprint density at radius 2 is 1.65 bits per heavy atom. The quantitative estimate of drug-likeness (QED) is 0.510. The highest BCUT2D eigenvalue weighted by molar-refractivity contribution is 5.99. The standard InChI is InChI=1S/C27H26F3NO3/c1-16-19(7-3-9-23(16)28)25-21(20-8-4-10-24(29)26(20)30)14-31(11-12-32)15-22(25)27(34)17-5-2-6-18(33)13-17/h2-10,13,21-22,25,32-33H,11-12,14-15H2,1H3/t21-,22+,25-/m1/s1. The maximum absolute atomic E-state index is 15.0. The van der Waals surface area contributed by atoms with Crippen LogP contribution in [0.5, 0.6) is 5.75 Å². The molecule has 0 aliphatic carbocycles. The smallest absolute Gasteiger partial charge is 0.167 e. The fourth-order valence-electron chi connectivity index (χ4n) is 5.10. The van der Waals surface area contributed by atoms with Crippen LogP contribution in [0.2, 0.25) is 0 Å². The van der Waals surface area contributed by atoms with Crippen molar-refractivity contribution in [3.05, 3.63) is 100 Å². The van der Waals surface area contributed by atoms with Crippen molar-refractivity contribution < 1.29 is 28.2 Å². The maximum atomic E-state index is 15.0. The van der Waals surface area contributed by atoms with Crippen LogP contribution in [0.4, 0.5) is 13.2 Å². The highest BCUT2D eigenvalue weighted by Gasteiger charge is 2.44. The van der Waals surface area contributed by atoms with E-state index in [4.69, 9.17) is 0 Å². The monoisotopic (exact) mass is 469 g/mol. The Balaban J connectivity index is 1.91. The first-order chi connectivity index (χ1) is 16.3. The van der Waals surface area contributed by atoms with Crippen LogP contribution < -0.4 is 0 Å². The van der Waals surface area contributed by atoms with Crippen LogP contribution in [-0.4, -0.2) is 47.1 Å². The number of β-amino-alcohol motifs (C(OH)–C–C–N with tert-alkyl or cyclic N) is 1. The maximum Gasteiger partial charge on any atom is 0.167 e. The molecule has 7 heteroatoms. The van der Waals surface area contributed by atoms with Crippen LogP contribution in [0.15, 0.2) is 60.7 Å². The Bertz CT molecular complexity index is 1200. The number of carbonyl (C=O) groups is 1. The first-order valence-electron chi connectivity index (χ1n) is 11.2. The van der Waals surface area contributed by atoms with Crippen LogP contribution in [0.25, 0.3) is 0 Å². The second-order valence-electron chi connectivity index (χ2n) is 8.73. The molecule has 2 N–H and O–H groups in total. The topological polar surface area (TPSA) is 60.8 Å². The van der Waals surface area contributed by atoms with E-state index in [0.717, 1.165) is 6.07 Å². The number of hydrogen-bond donors (Lipinski definition) is 2. The summed E-state index contributed by atoms with van der Waals surface area (Å²) in [6.07, 6.45) is 0. The Kier molecular flexibility index (Phi) is 7.05. The largest absolute Gasteiger partial charge is 0.508 e. The number of carbonyl (C=O) groups excluding carboxylic acids is 1. The van der Waals surface area contributed by atoms with E-state index in [0.29, 0.717) is 11.1 Å². The van der Waals surface area contributed by atoms with Crippen molar-refractivity contribution in [2.45, 2.75) is 18.8 Å². The number of Topliss-reactive ketones (excluding diaryl/α,β-unsaturated/α-hetero) is 1. The summed E-state index contributed by atoms with van der Waals surface area (Å²) in [7, 11) is 0. The molecule has 3 atom stereocenters. The molecule has 0 spiro atoms. The van der Waals surface area contributed by atoms with E-state index < -0.39 is 35.2 Å². The van der Waals surface area contributed by atoms with Gasteiger partial charge in [0.25, 0.3) is 0 Å². The number of aliphatic hydroxyl groups excluding tert-OH is 1. The molecule has 3 aromatic carbocycles. The van der Waals surface area contributed by atoms with E-state index in [2.05, 4.69) is 0 Å². The van der Waals surface area contributed by atoms with Crippen molar-refractivity contribution >= 4 is 5.78 Å². The van der Waals surface area contributed by atoms with Crippen LogP contribution in [-0.2, 0) is 0 Å². The van der Waals surface area contributed by atoms with Crippen molar-refractivity contribution in [3.8, 4) is 5.75 Å². The molecule has 178 valence electrons. The lowest BCUT2D eigenvalue weighted by molar-refractivity contribution is 0.0696. The van der Waals surface area contributed by atoms with E-state index in [1.165, 1.54) is 30.3 Å². The minimum absolute atomic E-state index is 0.0694. The predicted molar refractivity (Wildman–Crippen MR) is 122 cm³/mol. The highest BCUT2D eigenvalue weighted by atomic mass is 19.2. The lowest BCUT2D eigenvalue weighted by atomic mass is 9.67. The average molecular weight is 470 g/mol. The van der Waals surface area contributed by atoms with Gasteiger partial charge in [0.05, 0.1) is 6.61 Å². The molecule has 1 fully saturated rings. The van der Waals surface area contributed by atoms with Gasteiger partial charge >= 0.3 is 0 Å². The third-order valence-corrected chi connectivity index (χ3v) is 6.71. The van der Waals surface area contributed by atoms with Gasteiger partial charge in [-0.2, -0.15) is 0 Å². The summed E-state index contributed by atoms with van der Waals surface area (Å²) in [5.41, 5.74) is 1.27. The molecule has 0 aromatic heterocycles. The third-order valence-electron chi connectivity index (χ3n) is 6.71. The van der Waals surface area contributed by atoms with E-state index in [-0.39, 0.29) is 48.9 Å². The van der Waals surface area contributed by atoms with Crippen molar-refractivity contribution in [3.63, 3.8) is 0 Å². The number of piperidine rings is 1. The zero-order chi connectivity index (χ0) is 24.4. The lowest BCUT2D eigenvalue weighted by Crippen LogP contribution is -2.48. The van der Waals surface area contributed by atoms with Crippen molar-refractivity contribution in [2.24, 2.45) is 5.92 Å². The first-order valence-corrected chi connectivity index (χ1v) is 11.2. The summed E-state index contributed by atoms with van der Waals surface area (Å²) in [5, 5.41) is 19.5. The van der Waals surface area contributed by atoms with Gasteiger partial charge in [0.1, 0.15) is 11.6 Å². The Morgan fingerprint density at radius 1 is 0.971 bits per heavy atom. The predicted octanol–water partition coefficient (Wildman–Crippen LogP) is 4.79. The highest BCUT2D eigenvalue weighted by Crippen LogP contribution is 2.46. The SMILES string of the molecule is Cc1c(F)cccc1[C@H]1[C@@H](C(=O)c2cccc(O)c2)CN(CCO)C[C@@H]1c1cccc(F)c1F. The van der Waals surface area contributed by atoms with Gasteiger partial charge in [0.2, 0.25) is 0 Å². The molecule has 0 amide bonds. The number of nitrogens with zero attached hydrogens (tertiary/aromatic N) is 1. The molecule has 34 heavy (non-hydrogen) atoms. The first kappa shape index (κ1) is 24.0. The number of phenolic OH excluding ortho intramolecular Hbond substituents is 1. The van der Waals surface area contributed by atoms with Gasteiger partial charge in [-0.05, 0) is 47.9 Å². The van der Waals surface area contributed by atoms with Gasteiger partial charge in [0.15, 0.2) is 17.4 Å². The second kappa shape index (κ2) is 9.99. The molecule has 1 saturated heterocycles. The number of ketones is 1. The van der Waals surface area contributed by atoms with Gasteiger partial charge in [-0.25, -0.2) is 13.2 Å². The summed E-state index contributed by atoms with van der Waals surface area (Å²) >= 11 is 0. The van der Waals surface area contributed by atoms with Crippen LogP contribution in [0, 0.1) is 30.3 Å². The molecule has 0 unspecified atom stereocenters. The fraction of sp³-hybridized carbons (Fsp3) is 0.296. The average Bonchev–Trinajstić information content (AvgIpc) is 2.82. The molecule has 3 aromatic rings. The Labute approximate surface area is 196 Å². The minimum Gasteiger partial charge on any atom is -0.508 e. The van der Waals surface area contributed by atoms with E-state index in [1.54, 1.807) is 31.2 Å². The fourth-order valence-corrected chi connectivity index (χ4v) is 5.10. The molecule has 1 heterocycles.